The van der Waals surface area contributed by atoms with Gasteiger partial charge >= 0.3 is 5.97 Å². The minimum absolute atomic E-state index is 0.139. The molecule has 0 heterocycles. The smallest absolute Gasteiger partial charge is 0.347 e. The topological polar surface area (TPSA) is 125 Å². The summed E-state index contributed by atoms with van der Waals surface area (Å²) >= 11 is 0. The second-order valence-electron chi connectivity index (χ2n) is 5.56. The van der Waals surface area contributed by atoms with Crippen molar-refractivity contribution in [1.29, 1.82) is 0 Å². The van der Waals surface area contributed by atoms with Gasteiger partial charge in [0.05, 0.1) is 4.90 Å². The first-order valence-corrected chi connectivity index (χ1v) is 9.65. The molecule has 2 rings (SSSR count). The molecule has 27 heavy (non-hydrogen) atoms. The van der Waals surface area contributed by atoms with E-state index in [4.69, 9.17) is 14.6 Å². The van der Waals surface area contributed by atoms with Crippen LogP contribution in [0.5, 0.6) is 5.75 Å². The lowest BCUT2D eigenvalue weighted by atomic mass is 10.2. The average molecular weight is 392 g/mol. The van der Waals surface area contributed by atoms with E-state index in [-0.39, 0.29) is 10.6 Å². The van der Waals surface area contributed by atoms with Crippen molar-refractivity contribution in [3.8, 4) is 5.75 Å². The van der Waals surface area contributed by atoms with Crippen LogP contribution in [0.3, 0.4) is 0 Å². The van der Waals surface area contributed by atoms with Gasteiger partial charge in [-0.05, 0) is 36.8 Å². The maximum Gasteiger partial charge on any atom is 0.347 e. The number of nitrogens with two attached hydrogens (primary N) is 1. The van der Waals surface area contributed by atoms with Gasteiger partial charge in [0.2, 0.25) is 10.0 Å². The van der Waals surface area contributed by atoms with Crippen molar-refractivity contribution in [2.45, 2.75) is 24.3 Å². The molecule has 0 radical (unpaired) electrons. The van der Waals surface area contributed by atoms with Crippen LogP contribution in [0.1, 0.15) is 13.3 Å². The van der Waals surface area contributed by atoms with E-state index in [1.807, 2.05) is 6.07 Å². The molecule has 2 aromatic rings. The van der Waals surface area contributed by atoms with Gasteiger partial charge < -0.3 is 14.8 Å². The molecule has 0 fully saturated rings. The number of carbonyl (C=O) groups is 2. The fourth-order valence-electron chi connectivity index (χ4n) is 2.14. The Labute approximate surface area is 157 Å². The molecule has 0 aliphatic heterocycles. The van der Waals surface area contributed by atoms with Crippen LogP contribution in [-0.2, 0) is 24.3 Å². The molecule has 1 amide bonds. The van der Waals surface area contributed by atoms with Crippen molar-refractivity contribution in [3.63, 3.8) is 0 Å². The van der Waals surface area contributed by atoms with Crippen molar-refractivity contribution >= 4 is 27.6 Å². The minimum Gasteiger partial charge on any atom is -0.479 e. The van der Waals surface area contributed by atoms with Gasteiger partial charge in [-0.1, -0.05) is 31.2 Å². The number of carbonyl (C=O) groups excluding carboxylic acids is 2. The highest BCUT2D eigenvalue weighted by atomic mass is 32.2. The number of rotatable bonds is 8. The van der Waals surface area contributed by atoms with Crippen molar-refractivity contribution in [2.75, 3.05) is 11.9 Å². The fraction of sp³-hybridized carbons (Fsp3) is 0.222. The summed E-state index contributed by atoms with van der Waals surface area (Å²) in [4.78, 5) is 23.9. The van der Waals surface area contributed by atoms with Gasteiger partial charge in [0.15, 0.2) is 12.7 Å². The standard InChI is InChI=1S/C18H20N2O6S/c1-2-16(26-14-8-4-3-5-9-14)18(22)25-12-17(21)20-13-7-6-10-15(11-13)27(19,23)24/h3-11,16H,2,12H2,1H3,(H,20,21)(H2,19,23,24)/t16-/m0/s1. The first kappa shape index (κ1) is 20.4. The van der Waals surface area contributed by atoms with Gasteiger partial charge in [-0.2, -0.15) is 0 Å². The summed E-state index contributed by atoms with van der Waals surface area (Å²) in [5.41, 5.74) is 0.218. The third-order valence-corrected chi connectivity index (χ3v) is 4.36. The van der Waals surface area contributed by atoms with Crippen molar-refractivity contribution in [3.05, 3.63) is 54.6 Å². The van der Waals surface area contributed by atoms with Gasteiger partial charge in [0.1, 0.15) is 5.75 Å². The molecule has 9 heteroatoms. The van der Waals surface area contributed by atoms with Gasteiger partial charge in [-0.3, -0.25) is 4.79 Å². The largest absolute Gasteiger partial charge is 0.479 e. The number of esters is 1. The molecule has 0 saturated carbocycles. The normalized spacial score (nSPS) is 12.1. The Morgan fingerprint density at radius 2 is 1.81 bits per heavy atom. The zero-order valence-electron chi connectivity index (χ0n) is 14.6. The van der Waals surface area contributed by atoms with Crippen LogP contribution in [0.2, 0.25) is 0 Å². The number of primary sulfonamides is 1. The highest BCUT2D eigenvalue weighted by Crippen LogP contribution is 2.15. The first-order chi connectivity index (χ1) is 12.8. The Hall–Kier alpha value is -2.91. The van der Waals surface area contributed by atoms with Crippen LogP contribution in [0.25, 0.3) is 0 Å². The number of benzene rings is 2. The van der Waals surface area contributed by atoms with Gasteiger partial charge in [0, 0.05) is 5.69 Å². The van der Waals surface area contributed by atoms with Crippen LogP contribution >= 0.6 is 0 Å². The number of amides is 1. The quantitative estimate of drug-likeness (QED) is 0.659. The third kappa shape index (κ3) is 6.39. The predicted molar refractivity (Wildman–Crippen MR) is 98.6 cm³/mol. The number of para-hydroxylation sites is 1. The molecule has 1 atom stereocenters. The number of ether oxygens (including phenoxy) is 2. The highest BCUT2D eigenvalue weighted by molar-refractivity contribution is 7.89. The lowest BCUT2D eigenvalue weighted by molar-refractivity contribution is -0.154. The summed E-state index contributed by atoms with van der Waals surface area (Å²) in [6, 6.07) is 14.2. The molecule has 3 N–H and O–H groups in total. The lowest BCUT2D eigenvalue weighted by Crippen LogP contribution is -2.31. The third-order valence-electron chi connectivity index (χ3n) is 3.45. The molecule has 0 bridgehead atoms. The Morgan fingerprint density at radius 3 is 2.44 bits per heavy atom. The molecule has 0 aliphatic rings. The van der Waals surface area contributed by atoms with E-state index in [0.717, 1.165) is 0 Å². The molecule has 144 valence electrons. The number of sulfonamides is 1. The van der Waals surface area contributed by atoms with E-state index in [1.54, 1.807) is 31.2 Å². The first-order valence-electron chi connectivity index (χ1n) is 8.10. The Bertz CT molecular complexity index is 899. The predicted octanol–water partition coefficient (Wildman–Crippen LogP) is 1.67. The minimum atomic E-state index is -3.88. The number of anilines is 1. The molecular weight excluding hydrogens is 372 g/mol. The molecule has 2 aromatic carbocycles. The highest BCUT2D eigenvalue weighted by Gasteiger charge is 2.21. The second-order valence-corrected chi connectivity index (χ2v) is 7.12. The summed E-state index contributed by atoms with van der Waals surface area (Å²) in [5, 5.41) is 7.48. The summed E-state index contributed by atoms with van der Waals surface area (Å²) in [6.07, 6.45) is -0.475. The molecule has 0 saturated heterocycles. The Morgan fingerprint density at radius 1 is 1.11 bits per heavy atom. The van der Waals surface area contributed by atoms with Gasteiger partial charge in [0.25, 0.3) is 5.91 Å². The molecule has 0 aromatic heterocycles. The Balaban J connectivity index is 1.89. The van der Waals surface area contributed by atoms with Gasteiger partial charge in [-0.25, -0.2) is 18.4 Å². The van der Waals surface area contributed by atoms with Crippen LogP contribution in [0.15, 0.2) is 59.5 Å². The summed E-state index contributed by atoms with van der Waals surface area (Å²) in [6.45, 7) is 1.22. The average Bonchev–Trinajstić information content (AvgIpc) is 2.64. The van der Waals surface area contributed by atoms with Crippen molar-refractivity contribution < 1.29 is 27.5 Å². The molecule has 0 spiro atoms. The molecular formula is C18H20N2O6S. The maximum atomic E-state index is 12.1. The van der Waals surface area contributed by atoms with E-state index in [9.17, 15) is 18.0 Å². The van der Waals surface area contributed by atoms with E-state index < -0.39 is 34.6 Å². The van der Waals surface area contributed by atoms with E-state index in [1.165, 1.54) is 24.3 Å². The molecule has 0 aliphatic carbocycles. The van der Waals surface area contributed by atoms with E-state index in [0.29, 0.717) is 12.2 Å². The summed E-state index contributed by atoms with van der Waals surface area (Å²) in [7, 11) is -3.88. The number of nitrogens with one attached hydrogen (secondary N) is 1. The lowest BCUT2D eigenvalue weighted by Gasteiger charge is -2.16. The zero-order valence-corrected chi connectivity index (χ0v) is 15.4. The van der Waals surface area contributed by atoms with Crippen LogP contribution in [0.4, 0.5) is 5.69 Å². The summed E-state index contributed by atoms with van der Waals surface area (Å²) < 4.78 is 33.2. The maximum absolute atomic E-state index is 12.1. The van der Waals surface area contributed by atoms with Crippen molar-refractivity contribution in [2.24, 2.45) is 5.14 Å². The molecule has 0 unspecified atom stereocenters. The second kappa shape index (κ2) is 9.15. The summed E-state index contributed by atoms with van der Waals surface area (Å²) in [5.74, 6) is -0.773. The monoisotopic (exact) mass is 392 g/mol. The zero-order chi connectivity index (χ0) is 19.9. The van der Waals surface area contributed by atoms with Crippen LogP contribution in [-0.4, -0.2) is 33.0 Å². The Kier molecular flexibility index (Phi) is 6.91. The van der Waals surface area contributed by atoms with Crippen molar-refractivity contribution in [1.82, 2.24) is 0 Å². The fourth-order valence-corrected chi connectivity index (χ4v) is 2.70. The van der Waals surface area contributed by atoms with Gasteiger partial charge in [-0.15, -0.1) is 0 Å². The van der Waals surface area contributed by atoms with E-state index in [2.05, 4.69) is 5.32 Å². The molecule has 8 nitrogen and oxygen atoms in total. The number of hydrogen-bond acceptors (Lipinski definition) is 6. The van der Waals surface area contributed by atoms with Crippen LogP contribution < -0.4 is 15.2 Å². The number of hydrogen-bond donors (Lipinski definition) is 2. The van der Waals surface area contributed by atoms with E-state index >= 15 is 0 Å². The van der Waals surface area contributed by atoms with Crippen LogP contribution in [0, 0.1) is 0 Å². The SMILES string of the molecule is CC[C@H](Oc1ccccc1)C(=O)OCC(=O)Nc1cccc(S(N)(=O)=O)c1.